The smallest absolute Gasteiger partial charge is 0.278 e. The van der Waals surface area contributed by atoms with Gasteiger partial charge in [0, 0.05) is 17.3 Å². The van der Waals surface area contributed by atoms with Crippen LogP contribution in [0.2, 0.25) is 4.34 Å². The topological polar surface area (TPSA) is 67.7 Å². The first kappa shape index (κ1) is 20.6. The number of benzene rings is 2. The Balaban J connectivity index is 1.60. The van der Waals surface area contributed by atoms with E-state index in [1.807, 2.05) is 54.6 Å². The summed E-state index contributed by atoms with van der Waals surface area (Å²) in [5, 5.41) is 4.66. The third-order valence-electron chi connectivity index (χ3n) is 4.36. The molecular weight excluding hydrogens is 440 g/mol. The fourth-order valence-corrected chi connectivity index (χ4v) is 4.55. The lowest BCUT2D eigenvalue weighted by molar-refractivity contribution is -0.122. The van der Waals surface area contributed by atoms with Gasteiger partial charge in [-0.15, -0.1) is 5.10 Å². The predicted molar refractivity (Wildman–Crippen MR) is 122 cm³/mol. The van der Waals surface area contributed by atoms with E-state index in [9.17, 15) is 4.79 Å². The normalized spacial score (nSPS) is 15.0. The Morgan fingerprint density at radius 2 is 1.93 bits per heavy atom. The zero-order valence-electron chi connectivity index (χ0n) is 16.0. The van der Waals surface area contributed by atoms with Crippen LogP contribution in [-0.4, -0.2) is 32.7 Å². The lowest BCUT2D eigenvalue weighted by Gasteiger charge is -2.17. The molecule has 0 fully saturated rings. The number of methoxy groups -OCH3 is 1. The Labute approximate surface area is 187 Å². The standard InChI is InChI=1S/C21H17ClN4O2S2/c1-28-16-9-7-14(8-10-16)11-17-20(27)26(12-15-5-3-2-4-6-15)21(23-17)29-13-18-19(22)30-25-24-18/h2-11H,12-13H2,1H3/b17-11+. The second-order valence-corrected chi connectivity index (χ2v) is 8.65. The van der Waals surface area contributed by atoms with Crippen LogP contribution in [0.5, 0.6) is 5.75 Å². The van der Waals surface area contributed by atoms with Gasteiger partial charge in [0.05, 0.1) is 13.7 Å². The van der Waals surface area contributed by atoms with Crippen LogP contribution in [-0.2, 0) is 17.1 Å². The van der Waals surface area contributed by atoms with Crippen molar-refractivity contribution in [3.8, 4) is 5.75 Å². The SMILES string of the molecule is COc1ccc(/C=C2/N=C(SCc3nnsc3Cl)N(Cc3ccccc3)C2=O)cc1. The number of amidine groups is 1. The van der Waals surface area contributed by atoms with E-state index in [-0.39, 0.29) is 5.91 Å². The number of halogens is 1. The lowest BCUT2D eigenvalue weighted by Crippen LogP contribution is -2.30. The molecular formula is C21H17ClN4O2S2. The van der Waals surface area contributed by atoms with E-state index in [1.54, 1.807) is 18.1 Å². The fourth-order valence-electron chi connectivity index (χ4n) is 2.82. The number of carbonyl (C=O) groups excluding carboxylic acids is 1. The summed E-state index contributed by atoms with van der Waals surface area (Å²) in [4.78, 5) is 19.4. The number of hydrogen-bond donors (Lipinski definition) is 0. The predicted octanol–water partition coefficient (Wildman–Crippen LogP) is 4.87. The van der Waals surface area contributed by atoms with E-state index in [4.69, 9.17) is 16.3 Å². The molecule has 0 saturated heterocycles. The Bertz CT molecular complexity index is 1100. The van der Waals surface area contributed by atoms with Crippen LogP contribution >= 0.6 is 34.9 Å². The summed E-state index contributed by atoms with van der Waals surface area (Å²) in [6.45, 7) is 0.439. The molecule has 9 heteroatoms. The summed E-state index contributed by atoms with van der Waals surface area (Å²) < 4.78 is 9.60. The van der Waals surface area contributed by atoms with Gasteiger partial charge in [-0.25, -0.2) is 4.99 Å². The monoisotopic (exact) mass is 456 g/mol. The van der Waals surface area contributed by atoms with E-state index in [0.717, 1.165) is 28.4 Å². The number of amides is 1. The highest BCUT2D eigenvalue weighted by atomic mass is 35.5. The molecule has 0 N–H and O–H groups in total. The second-order valence-electron chi connectivity index (χ2n) is 6.36. The summed E-state index contributed by atoms with van der Waals surface area (Å²) >= 11 is 8.69. The third-order valence-corrected chi connectivity index (χ3v) is 6.33. The number of ether oxygens (including phenoxy) is 1. The summed E-state index contributed by atoms with van der Waals surface area (Å²) in [5.74, 6) is 1.11. The number of thioether (sulfide) groups is 1. The highest BCUT2D eigenvalue weighted by Crippen LogP contribution is 2.29. The molecule has 1 amide bonds. The van der Waals surface area contributed by atoms with E-state index in [2.05, 4.69) is 14.6 Å². The van der Waals surface area contributed by atoms with Crippen molar-refractivity contribution >= 4 is 52.0 Å². The fraction of sp³-hybridized carbons (Fsp3) is 0.143. The van der Waals surface area contributed by atoms with Gasteiger partial charge in [0.2, 0.25) is 0 Å². The number of aromatic nitrogens is 2. The summed E-state index contributed by atoms with van der Waals surface area (Å²) in [6, 6.07) is 17.3. The first-order chi connectivity index (χ1) is 14.6. The van der Waals surface area contributed by atoms with Crippen LogP contribution in [0.25, 0.3) is 6.08 Å². The minimum Gasteiger partial charge on any atom is -0.497 e. The molecule has 0 saturated carbocycles. The molecule has 0 radical (unpaired) electrons. The minimum atomic E-state index is -0.139. The van der Waals surface area contributed by atoms with Crippen molar-refractivity contribution in [3.63, 3.8) is 0 Å². The van der Waals surface area contributed by atoms with Crippen LogP contribution in [0.3, 0.4) is 0 Å². The quantitative estimate of drug-likeness (QED) is 0.495. The molecule has 2 aromatic carbocycles. The van der Waals surface area contributed by atoms with E-state index < -0.39 is 0 Å². The Morgan fingerprint density at radius 1 is 1.17 bits per heavy atom. The number of rotatable bonds is 6. The highest BCUT2D eigenvalue weighted by molar-refractivity contribution is 8.13. The lowest BCUT2D eigenvalue weighted by atomic mass is 10.1. The van der Waals surface area contributed by atoms with Crippen molar-refractivity contribution in [2.75, 3.05) is 7.11 Å². The van der Waals surface area contributed by atoms with E-state index in [0.29, 0.717) is 33.2 Å². The highest BCUT2D eigenvalue weighted by Gasteiger charge is 2.31. The van der Waals surface area contributed by atoms with E-state index in [1.165, 1.54) is 11.8 Å². The van der Waals surface area contributed by atoms with Crippen LogP contribution in [0, 0.1) is 0 Å². The summed E-state index contributed by atoms with van der Waals surface area (Å²) in [7, 11) is 1.62. The Morgan fingerprint density at radius 3 is 2.60 bits per heavy atom. The molecule has 0 bridgehead atoms. The maximum absolute atomic E-state index is 13.1. The molecule has 1 aliphatic heterocycles. The largest absolute Gasteiger partial charge is 0.497 e. The number of nitrogens with zero attached hydrogens (tertiary/aromatic N) is 4. The molecule has 0 atom stereocenters. The van der Waals surface area contributed by atoms with Gasteiger partial charge in [0.15, 0.2) is 5.17 Å². The Hall–Kier alpha value is -2.68. The second kappa shape index (κ2) is 9.42. The maximum Gasteiger partial charge on any atom is 0.278 e. The van der Waals surface area contributed by atoms with Crippen molar-refractivity contribution in [2.24, 2.45) is 4.99 Å². The van der Waals surface area contributed by atoms with Crippen molar-refractivity contribution < 1.29 is 9.53 Å². The van der Waals surface area contributed by atoms with Crippen molar-refractivity contribution in [3.05, 3.63) is 81.5 Å². The van der Waals surface area contributed by atoms with Gasteiger partial charge in [0.1, 0.15) is 21.5 Å². The Kier molecular flexibility index (Phi) is 6.47. The zero-order chi connectivity index (χ0) is 20.9. The first-order valence-corrected chi connectivity index (χ1v) is 11.2. The number of carbonyl (C=O) groups is 1. The molecule has 0 aliphatic carbocycles. The van der Waals surface area contributed by atoms with Crippen molar-refractivity contribution in [1.82, 2.24) is 14.5 Å². The van der Waals surface area contributed by atoms with Crippen LogP contribution < -0.4 is 4.74 Å². The van der Waals surface area contributed by atoms with Crippen molar-refractivity contribution in [2.45, 2.75) is 12.3 Å². The molecule has 0 spiro atoms. The minimum absolute atomic E-state index is 0.139. The van der Waals surface area contributed by atoms with E-state index >= 15 is 0 Å². The van der Waals surface area contributed by atoms with Gasteiger partial charge in [0.25, 0.3) is 5.91 Å². The van der Waals surface area contributed by atoms with Gasteiger partial charge in [-0.2, -0.15) is 0 Å². The van der Waals surface area contributed by atoms with Gasteiger partial charge in [-0.05, 0) is 29.3 Å². The van der Waals surface area contributed by atoms with Gasteiger partial charge in [-0.1, -0.05) is 70.3 Å². The average molecular weight is 457 g/mol. The average Bonchev–Trinajstić information content (AvgIpc) is 3.31. The molecule has 3 aromatic rings. The molecule has 152 valence electrons. The first-order valence-electron chi connectivity index (χ1n) is 9.04. The van der Waals surface area contributed by atoms with Crippen LogP contribution in [0.15, 0.2) is 65.3 Å². The molecule has 2 heterocycles. The molecule has 4 rings (SSSR count). The van der Waals surface area contributed by atoms with Crippen molar-refractivity contribution in [1.29, 1.82) is 0 Å². The summed E-state index contributed by atoms with van der Waals surface area (Å²) in [6.07, 6.45) is 1.78. The molecule has 6 nitrogen and oxygen atoms in total. The summed E-state index contributed by atoms with van der Waals surface area (Å²) in [5.41, 5.74) is 2.98. The molecule has 1 aromatic heterocycles. The van der Waals surface area contributed by atoms with Crippen LogP contribution in [0.4, 0.5) is 0 Å². The molecule has 30 heavy (non-hydrogen) atoms. The maximum atomic E-state index is 13.1. The molecule has 1 aliphatic rings. The van der Waals surface area contributed by atoms with Crippen LogP contribution in [0.1, 0.15) is 16.8 Å². The number of aliphatic imine (C=N–C) groups is 1. The zero-order valence-corrected chi connectivity index (χ0v) is 18.4. The number of hydrogen-bond acceptors (Lipinski definition) is 7. The molecule has 0 unspecified atom stereocenters. The third kappa shape index (κ3) is 4.72. The van der Waals surface area contributed by atoms with Gasteiger partial charge < -0.3 is 4.74 Å². The van der Waals surface area contributed by atoms with Gasteiger partial charge in [-0.3, -0.25) is 9.69 Å². The van der Waals surface area contributed by atoms with Gasteiger partial charge >= 0.3 is 0 Å².